The summed E-state index contributed by atoms with van der Waals surface area (Å²) in [5.74, 6) is -3.64. The van der Waals surface area contributed by atoms with E-state index in [1.807, 2.05) is 0 Å². The molecule has 18 nitrogen and oxygen atoms in total. The molecule has 0 radical (unpaired) electrons. The Hall–Kier alpha value is -6.15. The Morgan fingerprint density at radius 1 is 0.984 bits per heavy atom. The van der Waals surface area contributed by atoms with Crippen LogP contribution in [0.25, 0.3) is 0 Å². The second-order valence-corrected chi connectivity index (χ2v) is 16.1. The molecule has 2 fully saturated rings. The van der Waals surface area contributed by atoms with Crippen molar-refractivity contribution in [3.8, 4) is 11.5 Å². The largest absolute Gasteiger partial charge is 0.492 e. The summed E-state index contributed by atoms with van der Waals surface area (Å²) in [5, 5.41) is 56.8. The van der Waals surface area contributed by atoms with Crippen molar-refractivity contribution in [3.05, 3.63) is 100 Å². The van der Waals surface area contributed by atoms with Crippen molar-refractivity contribution in [3.63, 3.8) is 0 Å². The summed E-state index contributed by atoms with van der Waals surface area (Å²) < 4.78 is 26.2. The molecule has 1 amide bonds. The summed E-state index contributed by atoms with van der Waals surface area (Å²) in [5.41, 5.74) is 3.09. The number of aliphatic hydroxyl groups excluding tert-OH is 4. The number of fused-ring (bicyclic) bond motifs is 7. The number of aldehydes is 1. The average molecular weight is 850 g/mol. The van der Waals surface area contributed by atoms with E-state index in [1.54, 1.807) is 47.4 Å². The van der Waals surface area contributed by atoms with E-state index in [1.165, 1.54) is 24.5 Å². The van der Waals surface area contributed by atoms with Gasteiger partial charge in [-0.2, -0.15) is 9.98 Å². The zero-order chi connectivity index (χ0) is 43.5. The maximum atomic E-state index is 14.6. The van der Waals surface area contributed by atoms with Gasteiger partial charge in [0.05, 0.1) is 17.9 Å². The number of para-hydroxylation sites is 1. The lowest BCUT2D eigenvalue weighted by atomic mass is 9.78. The van der Waals surface area contributed by atoms with Gasteiger partial charge in [-0.15, -0.1) is 0 Å². The van der Waals surface area contributed by atoms with Crippen molar-refractivity contribution in [1.82, 2.24) is 0 Å². The minimum Gasteiger partial charge on any atom is -0.492 e. The highest BCUT2D eigenvalue weighted by atomic mass is 16.7. The van der Waals surface area contributed by atoms with Crippen molar-refractivity contribution < 1.29 is 63.7 Å². The monoisotopic (exact) mass is 849 g/mol. The molecule has 7 atom stereocenters. The predicted molar refractivity (Wildman–Crippen MR) is 218 cm³/mol. The van der Waals surface area contributed by atoms with E-state index in [4.69, 9.17) is 24.7 Å². The molecule has 0 unspecified atom stereocenters. The fraction of sp³-hybridized carbons (Fsp3) is 0.386. The van der Waals surface area contributed by atoms with Crippen molar-refractivity contribution in [2.75, 3.05) is 24.8 Å². The van der Waals surface area contributed by atoms with Crippen LogP contribution in [0, 0.1) is 0 Å². The summed E-state index contributed by atoms with van der Waals surface area (Å²) in [4.78, 5) is 67.7. The fourth-order valence-corrected chi connectivity index (χ4v) is 9.35. The lowest BCUT2D eigenvalue weighted by Gasteiger charge is -2.51. The van der Waals surface area contributed by atoms with E-state index in [2.05, 4.69) is 15.0 Å². The topological polar surface area (TPSA) is 273 Å². The number of amides is 1. The first-order chi connectivity index (χ1) is 29.9. The van der Waals surface area contributed by atoms with Crippen LogP contribution in [-0.2, 0) is 19.1 Å². The lowest BCUT2D eigenvalue weighted by molar-refractivity contribution is -0.342. The standard InChI is InChI=1S/C44H43N5O13/c45-42-47-39-31(40(57)48-42)46-21-49(39)29-10-4-3-7-24(29)23-12-18-60-43(13-5-6-14-43)38-34(55)37(56)44(58,15-17-51)41(62-38)61-35-27(23)19-28-30(36(35)59-20-22(52)11-16-50)33(54)26-9-2-1-8-25(26)32(28)53/h1-4,7-10,12,16,18-19,22-23,34,37-38,41,51-52,55-56,58H,5-6,11,13-15,17,20-21H2,(H2,45,48,57)/b18-12-/t22-,23+,34-,37-,38-,41+,44+/m1/s1. The Bertz CT molecular complexity index is 2500. The number of carbonyl (C=O) groups is 4. The van der Waals surface area contributed by atoms with Crippen molar-refractivity contribution in [2.24, 2.45) is 20.7 Å². The summed E-state index contributed by atoms with van der Waals surface area (Å²) in [6.45, 7) is -1.31. The van der Waals surface area contributed by atoms with Gasteiger partial charge in [0, 0.05) is 53.3 Å². The van der Waals surface area contributed by atoms with E-state index in [-0.39, 0.29) is 69.9 Å². The van der Waals surface area contributed by atoms with E-state index in [9.17, 15) is 44.7 Å². The van der Waals surface area contributed by atoms with Crippen molar-refractivity contribution in [2.45, 2.75) is 86.4 Å². The summed E-state index contributed by atoms with van der Waals surface area (Å²) >= 11 is 0. The maximum Gasteiger partial charge on any atom is 0.302 e. The number of allylic oxidation sites excluding steroid dienone is 1. The van der Waals surface area contributed by atoms with Crippen LogP contribution < -0.4 is 20.1 Å². The number of aliphatic imine (C=N–C) groups is 3. The minimum atomic E-state index is -2.50. The fourth-order valence-electron chi connectivity index (χ4n) is 9.35. The first-order valence-electron chi connectivity index (χ1n) is 20.3. The molecule has 3 aromatic carbocycles. The smallest absolute Gasteiger partial charge is 0.302 e. The molecule has 3 aromatic rings. The first kappa shape index (κ1) is 41.2. The molecular weight excluding hydrogens is 807 g/mol. The van der Waals surface area contributed by atoms with Crippen LogP contribution in [0.2, 0.25) is 0 Å². The third kappa shape index (κ3) is 6.61. The maximum absolute atomic E-state index is 14.6. The number of benzene rings is 3. The van der Waals surface area contributed by atoms with Gasteiger partial charge in [0.15, 0.2) is 40.2 Å². The van der Waals surface area contributed by atoms with Crippen LogP contribution in [-0.4, -0.2) is 129 Å². The number of amidine groups is 1. The number of nitrogens with two attached hydrogens (primary N) is 1. The number of aliphatic hydroxyl groups is 5. The second-order valence-electron chi connectivity index (χ2n) is 16.1. The number of carbonyl (C=O) groups excluding carboxylic acids is 4. The van der Waals surface area contributed by atoms with Crippen LogP contribution in [0.5, 0.6) is 11.5 Å². The molecule has 7 N–H and O–H groups in total. The van der Waals surface area contributed by atoms with Gasteiger partial charge in [0.2, 0.25) is 12.2 Å². The van der Waals surface area contributed by atoms with E-state index >= 15 is 0 Å². The molecule has 2 aliphatic carbocycles. The number of hydrogen-bond acceptors (Lipinski definition) is 17. The predicted octanol–water partition coefficient (Wildman–Crippen LogP) is 1.19. The van der Waals surface area contributed by atoms with Crippen LogP contribution in [0.3, 0.4) is 0 Å². The number of ketones is 2. The molecule has 2 bridgehead atoms. The molecule has 4 aliphatic heterocycles. The Labute approximate surface area is 353 Å². The van der Waals surface area contributed by atoms with Gasteiger partial charge in [-0.1, -0.05) is 42.5 Å². The van der Waals surface area contributed by atoms with Gasteiger partial charge in [-0.3, -0.25) is 19.4 Å². The molecule has 4 heterocycles. The third-order valence-electron chi connectivity index (χ3n) is 12.4. The molecule has 1 spiro atoms. The Morgan fingerprint density at radius 3 is 2.45 bits per heavy atom. The molecule has 322 valence electrons. The molecule has 18 heteroatoms. The van der Waals surface area contributed by atoms with Gasteiger partial charge < -0.3 is 59.9 Å². The zero-order valence-corrected chi connectivity index (χ0v) is 33.1. The number of rotatable bonds is 9. The minimum absolute atomic E-state index is 0.00616. The van der Waals surface area contributed by atoms with E-state index < -0.39 is 84.9 Å². The van der Waals surface area contributed by atoms with Gasteiger partial charge in [-0.25, -0.2) is 0 Å². The molecular formula is C44H43N5O13. The molecule has 0 aromatic heterocycles. The van der Waals surface area contributed by atoms with Crippen molar-refractivity contribution >= 4 is 47.0 Å². The summed E-state index contributed by atoms with van der Waals surface area (Å²) in [7, 11) is 0. The SMILES string of the molecule is NC1=NC(=O)C2=NCN(c3ccccc3[C@@H]3/C=C\OC4(CCCC4)[C@@H]4O[C@H](Oc5c3cc3c(c5OC[C@H](O)CC=O)C(=O)c5ccccc5C3=O)[C@](O)(CCO)[C@H](O)[C@H]4O)C2=N1. The van der Waals surface area contributed by atoms with Crippen molar-refractivity contribution in [1.29, 1.82) is 0 Å². The third-order valence-corrected chi connectivity index (χ3v) is 12.4. The van der Waals surface area contributed by atoms with E-state index in [0.717, 1.165) is 0 Å². The Morgan fingerprint density at radius 2 is 1.71 bits per heavy atom. The Kier molecular flexibility index (Phi) is 10.6. The van der Waals surface area contributed by atoms with Crippen LogP contribution in [0.4, 0.5) is 5.69 Å². The number of nitrogens with zero attached hydrogens (tertiary/aromatic N) is 4. The molecule has 9 rings (SSSR count). The van der Waals surface area contributed by atoms with Gasteiger partial charge in [-0.05, 0) is 49.5 Å². The van der Waals surface area contributed by atoms with E-state index in [0.29, 0.717) is 43.2 Å². The van der Waals surface area contributed by atoms with Gasteiger partial charge in [0.25, 0.3) is 0 Å². The number of hydrogen-bond donors (Lipinski definition) is 6. The highest BCUT2D eigenvalue weighted by molar-refractivity contribution is 6.72. The molecule has 1 saturated carbocycles. The Balaban J connectivity index is 1.33. The number of ether oxygens (including phenoxy) is 4. The molecule has 1 saturated heterocycles. The highest BCUT2D eigenvalue weighted by Gasteiger charge is 2.62. The second kappa shape index (κ2) is 16.0. The molecule has 6 aliphatic rings. The van der Waals surface area contributed by atoms with Crippen LogP contribution in [0.1, 0.15) is 87.4 Å². The summed E-state index contributed by atoms with van der Waals surface area (Å²) in [6, 6.07) is 14.7. The quantitative estimate of drug-likeness (QED) is 0.129. The molecule has 62 heavy (non-hydrogen) atoms. The zero-order valence-electron chi connectivity index (χ0n) is 33.1. The lowest BCUT2D eigenvalue weighted by Crippen LogP contribution is -2.71. The average Bonchev–Trinajstić information content (AvgIpc) is 3.92. The summed E-state index contributed by atoms with van der Waals surface area (Å²) in [6.07, 6.45) is -3.51. The van der Waals surface area contributed by atoms with Crippen LogP contribution in [0.15, 0.2) is 81.9 Å². The highest BCUT2D eigenvalue weighted by Crippen LogP contribution is 2.52. The number of anilines is 1. The van der Waals surface area contributed by atoms with Gasteiger partial charge >= 0.3 is 5.91 Å². The van der Waals surface area contributed by atoms with Crippen LogP contribution >= 0.6 is 0 Å². The number of guanidine groups is 1. The van der Waals surface area contributed by atoms with Gasteiger partial charge in [0.1, 0.15) is 43.5 Å². The first-order valence-corrected chi connectivity index (χ1v) is 20.3. The normalized spacial score (nSPS) is 28.1.